The molecule has 0 spiro atoms. The van der Waals surface area contributed by atoms with Crippen LogP contribution in [0.5, 0.6) is 0 Å². The lowest BCUT2D eigenvalue weighted by atomic mass is 10.1. The first-order valence-corrected chi connectivity index (χ1v) is 5.40. The molecular formula is C10H19N5O. The smallest absolute Gasteiger partial charge is 0.242 e. The third-order valence-electron chi connectivity index (χ3n) is 2.46. The average Bonchev–Trinajstić information content (AvgIpc) is 2.65. The van der Waals surface area contributed by atoms with Crippen molar-refractivity contribution in [2.45, 2.75) is 39.9 Å². The number of carbonyl (C=O) groups is 1. The van der Waals surface area contributed by atoms with E-state index < -0.39 is 0 Å². The molecule has 1 aromatic rings. The van der Waals surface area contributed by atoms with Crippen molar-refractivity contribution < 1.29 is 4.79 Å². The predicted molar refractivity (Wildman–Crippen MR) is 60.4 cm³/mol. The topological polar surface area (TPSA) is 85.8 Å². The molecule has 1 aromatic heterocycles. The number of rotatable bonds is 5. The number of nitrogens with one attached hydrogen (secondary N) is 1. The summed E-state index contributed by atoms with van der Waals surface area (Å²) in [5, 5.41) is 6.94. The van der Waals surface area contributed by atoms with E-state index in [-0.39, 0.29) is 25.0 Å². The molecule has 0 fully saturated rings. The quantitative estimate of drug-likeness (QED) is 0.732. The first kappa shape index (κ1) is 12.6. The largest absolute Gasteiger partial charge is 0.352 e. The summed E-state index contributed by atoms with van der Waals surface area (Å²) in [6, 6.07) is 0.157. The van der Waals surface area contributed by atoms with Gasteiger partial charge in [-0.2, -0.15) is 5.10 Å². The van der Waals surface area contributed by atoms with Crippen LogP contribution in [0.1, 0.15) is 26.6 Å². The summed E-state index contributed by atoms with van der Waals surface area (Å²) in [5.74, 6) is 0.902. The van der Waals surface area contributed by atoms with Crippen molar-refractivity contribution in [3.05, 3.63) is 12.2 Å². The second-order valence-electron chi connectivity index (χ2n) is 4.16. The van der Waals surface area contributed by atoms with Gasteiger partial charge in [-0.3, -0.25) is 4.79 Å². The Morgan fingerprint density at radius 3 is 2.75 bits per heavy atom. The van der Waals surface area contributed by atoms with Crippen molar-refractivity contribution in [2.75, 3.05) is 0 Å². The van der Waals surface area contributed by atoms with E-state index in [0.717, 1.165) is 0 Å². The molecule has 6 heteroatoms. The minimum Gasteiger partial charge on any atom is -0.352 e. The molecule has 1 amide bonds. The van der Waals surface area contributed by atoms with Gasteiger partial charge in [-0.1, -0.05) is 13.8 Å². The SMILES string of the molecule is CC(C)C(C)NC(=O)Cn1cnc(CN)n1. The number of amides is 1. The first-order chi connectivity index (χ1) is 7.52. The lowest BCUT2D eigenvalue weighted by Gasteiger charge is -2.17. The van der Waals surface area contributed by atoms with Crippen LogP contribution in [-0.4, -0.2) is 26.7 Å². The van der Waals surface area contributed by atoms with Gasteiger partial charge < -0.3 is 11.1 Å². The second-order valence-corrected chi connectivity index (χ2v) is 4.16. The van der Waals surface area contributed by atoms with Crippen LogP contribution in [0.2, 0.25) is 0 Å². The van der Waals surface area contributed by atoms with Gasteiger partial charge in [-0.25, -0.2) is 9.67 Å². The Morgan fingerprint density at radius 1 is 1.56 bits per heavy atom. The summed E-state index contributed by atoms with van der Waals surface area (Å²) < 4.78 is 1.49. The molecule has 0 aliphatic carbocycles. The summed E-state index contributed by atoms with van der Waals surface area (Å²) in [5.41, 5.74) is 5.38. The standard InChI is InChI=1S/C10H19N5O/c1-7(2)8(3)13-10(16)5-15-6-12-9(4-11)14-15/h6-8H,4-5,11H2,1-3H3,(H,13,16). The van der Waals surface area contributed by atoms with Crippen LogP contribution < -0.4 is 11.1 Å². The molecule has 0 radical (unpaired) electrons. The Kier molecular flexibility index (Phi) is 4.42. The predicted octanol–water partition coefficient (Wildman–Crippen LogP) is -0.102. The van der Waals surface area contributed by atoms with Crippen LogP contribution in [0.4, 0.5) is 0 Å². The molecule has 0 aliphatic rings. The molecule has 0 bridgehead atoms. The van der Waals surface area contributed by atoms with Gasteiger partial charge in [0.1, 0.15) is 12.9 Å². The van der Waals surface area contributed by atoms with E-state index in [9.17, 15) is 4.79 Å². The molecular weight excluding hydrogens is 206 g/mol. The van der Waals surface area contributed by atoms with Gasteiger partial charge in [-0.15, -0.1) is 0 Å². The number of hydrogen-bond acceptors (Lipinski definition) is 4. The number of nitrogens with zero attached hydrogens (tertiary/aromatic N) is 3. The van der Waals surface area contributed by atoms with Gasteiger partial charge in [0.15, 0.2) is 5.82 Å². The van der Waals surface area contributed by atoms with Crippen LogP contribution in [0.15, 0.2) is 6.33 Å². The number of carbonyl (C=O) groups excluding carboxylic acids is 1. The van der Waals surface area contributed by atoms with Crippen molar-refractivity contribution in [1.82, 2.24) is 20.1 Å². The van der Waals surface area contributed by atoms with E-state index in [0.29, 0.717) is 11.7 Å². The fraction of sp³-hybridized carbons (Fsp3) is 0.700. The zero-order chi connectivity index (χ0) is 12.1. The monoisotopic (exact) mass is 225 g/mol. The van der Waals surface area contributed by atoms with Crippen LogP contribution in [0, 0.1) is 5.92 Å². The third-order valence-corrected chi connectivity index (χ3v) is 2.46. The van der Waals surface area contributed by atoms with Crippen molar-refractivity contribution >= 4 is 5.91 Å². The van der Waals surface area contributed by atoms with Gasteiger partial charge in [-0.05, 0) is 12.8 Å². The molecule has 1 unspecified atom stereocenters. The molecule has 0 saturated heterocycles. The number of aromatic nitrogens is 3. The van der Waals surface area contributed by atoms with Crippen LogP contribution >= 0.6 is 0 Å². The van der Waals surface area contributed by atoms with E-state index >= 15 is 0 Å². The molecule has 90 valence electrons. The van der Waals surface area contributed by atoms with E-state index in [1.165, 1.54) is 11.0 Å². The molecule has 0 aliphatic heterocycles. The zero-order valence-corrected chi connectivity index (χ0v) is 9.97. The van der Waals surface area contributed by atoms with E-state index in [4.69, 9.17) is 5.73 Å². The Labute approximate surface area is 95.2 Å². The van der Waals surface area contributed by atoms with Crippen LogP contribution in [0.3, 0.4) is 0 Å². The zero-order valence-electron chi connectivity index (χ0n) is 9.97. The van der Waals surface area contributed by atoms with Gasteiger partial charge in [0.05, 0.1) is 6.54 Å². The van der Waals surface area contributed by atoms with Gasteiger partial charge in [0.2, 0.25) is 5.91 Å². The lowest BCUT2D eigenvalue weighted by molar-refractivity contribution is -0.122. The van der Waals surface area contributed by atoms with Crippen LogP contribution in [-0.2, 0) is 17.9 Å². The minimum absolute atomic E-state index is 0.0605. The highest BCUT2D eigenvalue weighted by molar-refractivity contribution is 5.75. The maximum atomic E-state index is 11.6. The Balaban J connectivity index is 2.45. The van der Waals surface area contributed by atoms with Crippen molar-refractivity contribution in [3.8, 4) is 0 Å². The fourth-order valence-electron chi connectivity index (χ4n) is 1.12. The highest BCUT2D eigenvalue weighted by atomic mass is 16.2. The molecule has 1 heterocycles. The summed E-state index contributed by atoms with van der Waals surface area (Å²) in [7, 11) is 0. The number of nitrogens with two attached hydrogens (primary N) is 1. The van der Waals surface area contributed by atoms with E-state index in [1.807, 2.05) is 6.92 Å². The first-order valence-electron chi connectivity index (χ1n) is 5.40. The summed E-state index contributed by atoms with van der Waals surface area (Å²) in [4.78, 5) is 15.5. The Hall–Kier alpha value is -1.43. The van der Waals surface area contributed by atoms with E-state index in [2.05, 4.69) is 29.2 Å². The maximum Gasteiger partial charge on any atom is 0.242 e. The van der Waals surface area contributed by atoms with Crippen molar-refractivity contribution in [1.29, 1.82) is 0 Å². The maximum absolute atomic E-state index is 11.6. The Morgan fingerprint density at radius 2 is 2.25 bits per heavy atom. The summed E-state index contributed by atoms with van der Waals surface area (Å²) in [6.07, 6.45) is 1.52. The van der Waals surface area contributed by atoms with Gasteiger partial charge >= 0.3 is 0 Å². The average molecular weight is 225 g/mol. The van der Waals surface area contributed by atoms with Gasteiger partial charge in [0, 0.05) is 6.04 Å². The fourth-order valence-corrected chi connectivity index (χ4v) is 1.12. The Bertz CT molecular complexity index is 347. The molecule has 0 saturated carbocycles. The molecule has 3 N–H and O–H groups in total. The molecule has 1 atom stereocenters. The van der Waals surface area contributed by atoms with E-state index in [1.54, 1.807) is 0 Å². The highest BCUT2D eigenvalue weighted by Crippen LogP contribution is 1.99. The van der Waals surface area contributed by atoms with Crippen molar-refractivity contribution in [2.24, 2.45) is 11.7 Å². The number of hydrogen-bond donors (Lipinski definition) is 2. The second kappa shape index (κ2) is 5.60. The van der Waals surface area contributed by atoms with Crippen molar-refractivity contribution in [3.63, 3.8) is 0 Å². The molecule has 16 heavy (non-hydrogen) atoms. The van der Waals surface area contributed by atoms with Gasteiger partial charge in [0.25, 0.3) is 0 Å². The van der Waals surface area contributed by atoms with Crippen LogP contribution in [0.25, 0.3) is 0 Å². The lowest BCUT2D eigenvalue weighted by Crippen LogP contribution is -2.38. The molecule has 0 aromatic carbocycles. The normalized spacial score (nSPS) is 12.8. The minimum atomic E-state index is -0.0605. The summed E-state index contributed by atoms with van der Waals surface area (Å²) >= 11 is 0. The summed E-state index contributed by atoms with van der Waals surface area (Å²) in [6.45, 7) is 6.58. The molecule has 6 nitrogen and oxygen atoms in total. The highest BCUT2D eigenvalue weighted by Gasteiger charge is 2.11. The third kappa shape index (κ3) is 3.62. The molecule has 1 rings (SSSR count).